The molecule has 9 nitrogen and oxygen atoms in total. The van der Waals surface area contributed by atoms with Gasteiger partial charge in [-0.1, -0.05) is 0 Å². The van der Waals surface area contributed by atoms with Crippen molar-refractivity contribution in [1.29, 1.82) is 0 Å². The number of hydrogen-bond acceptors (Lipinski definition) is 8. The van der Waals surface area contributed by atoms with Gasteiger partial charge in [0, 0.05) is 28.3 Å². The Morgan fingerprint density at radius 1 is 1.28 bits per heavy atom. The minimum absolute atomic E-state index is 0.0649. The normalized spacial score (nSPS) is 13.0. The number of rotatable bonds is 6. The molecule has 10 heteroatoms. The number of hydrogen-bond donors (Lipinski definition) is 1. The fraction of sp³-hybridized carbons (Fsp3) is 0.263. The van der Waals surface area contributed by atoms with Crippen LogP contribution in [0.1, 0.15) is 16.2 Å². The van der Waals surface area contributed by atoms with Crippen LogP contribution in [0.5, 0.6) is 11.5 Å². The van der Waals surface area contributed by atoms with E-state index in [2.05, 4.69) is 5.32 Å². The summed E-state index contributed by atoms with van der Waals surface area (Å²) < 4.78 is 15.8. The lowest BCUT2D eigenvalue weighted by molar-refractivity contribution is -0.384. The van der Waals surface area contributed by atoms with Gasteiger partial charge in [-0.2, -0.15) is 0 Å². The molecule has 0 saturated heterocycles. The highest BCUT2D eigenvalue weighted by Gasteiger charge is 2.23. The van der Waals surface area contributed by atoms with Crippen molar-refractivity contribution in [3.8, 4) is 11.5 Å². The first-order valence-electron chi connectivity index (χ1n) is 8.71. The minimum atomic E-state index is -0.712. The zero-order chi connectivity index (χ0) is 20.8. The highest BCUT2D eigenvalue weighted by atomic mass is 32.1. The topological polar surface area (TPSA) is 117 Å². The predicted molar refractivity (Wildman–Crippen MR) is 106 cm³/mol. The summed E-state index contributed by atoms with van der Waals surface area (Å²) in [4.78, 5) is 36.5. The first-order chi connectivity index (χ1) is 13.9. The molecular weight excluding hydrogens is 400 g/mol. The highest BCUT2D eigenvalue weighted by molar-refractivity contribution is 7.12. The van der Waals surface area contributed by atoms with Crippen molar-refractivity contribution in [3.05, 3.63) is 50.2 Å². The van der Waals surface area contributed by atoms with Gasteiger partial charge in [0.1, 0.15) is 5.69 Å². The number of nitro benzene ring substituents is 1. The van der Waals surface area contributed by atoms with E-state index < -0.39 is 23.4 Å². The standard InChI is InChI=1S/C19H18N2O7S/c1-12-3-4-13(29-12)5-6-19(23)28-11-18(22)20-14-9-16-17(10-15(14)21(24)25)27-8-2-7-26-16/h3-6,9-10H,2,7-8,11H2,1H3,(H,20,22)/b6-5+. The maximum absolute atomic E-state index is 12.1. The summed E-state index contributed by atoms with van der Waals surface area (Å²) in [5, 5.41) is 13.7. The summed E-state index contributed by atoms with van der Waals surface area (Å²) in [6, 6.07) is 6.32. The molecule has 2 aromatic rings. The molecule has 1 N–H and O–H groups in total. The predicted octanol–water partition coefficient (Wildman–Crippen LogP) is 3.32. The third kappa shape index (κ3) is 5.55. The summed E-state index contributed by atoms with van der Waals surface area (Å²) >= 11 is 1.51. The summed E-state index contributed by atoms with van der Waals surface area (Å²) in [6.07, 6.45) is 3.44. The van der Waals surface area contributed by atoms with Crippen molar-refractivity contribution >= 4 is 40.7 Å². The van der Waals surface area contributed by atoms with Crippen LogP contribution in [0.2, 0.25) is 0 Å². The van der Waals surface area contributed by atoms with E-state index in [9.17, 15) is 19.7 Å². The van der Waals surface area contributed by atoms with Crippen molar-refractivity contribution in [2.75, 3.05) is 25.1 Å². The molecule has 29 heavy (non-hydrogen) atoms. The van der Waals surface area contributed by atoms with Gasteiger partial charge in [0.2, 0.25) is 0 Å². The van der Waals surface area contributed by atoms with Crippen molar-refractivity contribution in [2.24, 2.45) is 0 Å². The quantitative estimate of drug-likeness (QED) is 0.331. The van der Waals surface area contributed by atoms with Crippen LogP contribution in [0.15, 0.2) is 30.3 Å². The first kappa shape index (κ1) is 20.3. The number of ether oxygens (including phenoxy) is 3. The lowest BCUT2D eigenvalue weighted by Gasteiger charge is -2.11. The molecule has 0 fully saturated rings. The Labute approximate surface area is 170 Å². The van der Waals surface area contributed by atoms with Gasteiger partial charge in [0.15, 0.2) is 18.1 Å². The van der Waals surface area contributed by atoms with Crippen molar-refractivity contribution in [3.63, 3.8) is 0 Å². The van der Waals surface area contributed by atoms with Crippen LogP contribution in [0.25, 0.3) is 6.08 Å². The third-order valence-electron chi connectivity index (χ3n) is 3.83. The van der Waals surface area contributed by atoms with E-state index in [0.29, 0.717) is 25.4 Å². The average molecular weight is 418 g/mol. The Bertz CT molecular complexity index is 967. The fourth-order valence-electron chi connectivity index (χ4n) is 2.51. The summed E-state index contributed by atoms with van der Waals surface area (Å²) in [7, 11) is 0. The lowest BCUT2D eigenvalue weighted by Crippen LogP contribution is -2.20. The molecule has 0 saturated carbocycles. The Kier molecular flexibility index (Phi) is 6.45. The van der Waals surface area contributed by atoms with Crippen LogP contribution in [0, 0.1) is 17.0 Å². The Hall–Kier alpha value is -3.40. The van der Waals surface area contributed by atoms with E-state index in [1.807, 2.05) is 19.1 Å². The molecular formula is C19H18N2O7S. The molecule has 0 unspecified atom stereocenters. The number of anilines is 1. The van der Waals surface area contributed by atoms with Gasteiger partial charge in [0.25, 0.3) is 11.6 Å². The summed E-state index contributed by atoms with van der Waals surface area (Å²) in [5.41, 5.74) is -0.410. The number of nitrogens with one attached hydrogen (secondary N) is 1. The van der Waals surface area contributed by atoms with E-state index in [1.54, 1.807) is 6.08 Å². The first-order valence-corrected chi connectivity index (χ1v) is 9.53. The van der Waals surface area contributed by atoms with Gasteiger partial charge < -0.3 is 19.5 Å². The van der Waals surface area contributed by atoms with E-state index >= 15 is 0 Å². The SMILES string of the molecule is Cc1ccc(/C=C/C(=O)OCC(=O)Nc2cc3c(cc2[N+](=O)[O-])OCCCO3)s1. The number of fused-ring (bicyclic) bond motifs is 1. The second kappa shape index (κ2) is 9.20. The Morgan fingerprint density at radius 3 is 2.66 bits per heavy atom. The van der Waals surface area contributed by atoms with Gasteiger partial charge >= 0.3 is 5.97 Å². The Balaban J connectivity index is 1.62. The molecule has 2 heterocycles. The van der Waals surface area contributed by atoms with Crippen molar-refractivity contribution < 1.29 is 28.7 Å². The van der Waals surface area contributed by atoms with E-state index in [1.165, 1.54) is 29.5 Å². The van der Waals surface area contributed by atoms with Crippen LogP contribution in [0.3, 0.4) is 0 Å². The minimum Gasteiger partial charge on any atom is -0.489 e. The third-order valence-corrected chi connectivity index (χ3v) is 4.79. The van der Waals surface area contributed by atoms with Crippen LogP contribution >= 0.6 is 11.3 Å². The number of aryl methyl sites for hydroxylation is 1. The number of benzene rings is 1. The molecule has 0 radical (unpaired) electrons. The van der Waals surface area contributed by atoms with Crippen LogP contribution in [-0.2, 0) is 14.3 Å². The second-order valence-electron chi connectivity index (χ2n) is 6.06. The van der Waals surface area contributed by atoms with E-state index in [4.69, 9.17) is 14.2 Å². The largest absolute Gasteiger partial charge is 0.489 e. The monoisotopic (exact) mass is 418 g/mol. The molecule has 1 amide bonds. The van der Waals surface area contributed by atoms with E-state index in [-0.39, 0.29) is 17.1 Å². The molecule has 1 aliphatic heterocycles. The maximum Gasteiger partial charge on any atom is 0.331 e. The zero-order valence-corrected chi connectivity index (χ0v) is 16.3. The second-order valence-corrected chi connectivity index (χ2v) is 7.38. The maximum atomic E-state index is 12.1. The zero-order valence-electron chi connectivity index (χ0n) is 15.5. The van der Waals surface area contributed by atoms with Crippen LogP contribution < -0.4 is 14.8 Å². The number of nitrogens with zero attached hydrogens (tertiary/aromatic N) is 1. The van der Waals surface area contributed by atoms with Gasteiger partial charge in [-0.3, -0.25) is 14.9 Å². The van der Waals surface area contributed by atoms with Gasteiger partial charge in [-0.25, -0.2) is 4.79 Å². The van der Waals surface area contributed by atoms with Crippen molar-refractivity contribution in [1.82, 2.24) is 0 Å². The van der Waals surface area contributed by atoms with Crippen LogP contribution in [-0.4, -0.2) is 36.6 Å². The number of nitro groups is 1. The molecule has 1 aromatic carbocycles. The van der Waals surface area contributed by atoms with Gasteiger partial charge in [-0.05, 0) is 25.1 Å². The summed E-state index contributed by atoms with van der Waals surface area (Å²) in [6.45, 7) is 2.14. The van der Waals surface area contributed by atoms with Gasteiger partial charge in [-0.15, -0.1) is 11.3 Å². The van der Waals surface area contributed by atoms with Gasteiger partial charge in [0.05, 0.1) is 24.2 Å². The molecule has 152 valence electrons. The molecule has 1 aliphatic rings. The smallest absolute Gasteiger partial charge is 0.331 e. The number of carbonyl (C=O) groups is 2. The molecule has 0 atom stereocenters. The summed E-state index contributed by atoms with van der Waals surface area (Å²) in [5.74, 6) is -0.863. The number of esters is 1. The van der Waals surface area contributed by atoms with Crippen molar-refractivity contribution in [2.45, 2.75) is 13.3 Å². The highest BCUT2D eigenvalue weighted by Crippen LogP contribution is 2.39. The molecule has 1 aromatic heterocycles. The molecule has 3 rings (SSSR count). The number of carbonyl (C=O) groups excluding carboxylic acids is 2. The van der Waals surface area contributed by atoms with Crippen LogP contribution in [0.4, 0.5) is 11.4 Å². The molecule has 0 spiro atoms. The number of amides is 1. The fourth-order valence-corrected chi connectivity index (χ4v) is 3.29. The van der Waals surface area contributed by atoms with E-state index in [0.717, 1.165) is 9.75 Å². The molecule has 0 aliphatic carbocycles. The average Bonchev–Trinajstić information content (AvgIpc) is 2.96. The Morgan fingerprint density at radius 2 is 2.00 bits per heavy atom. The molecule has 0 bridgehead atoms. The number of thiophene rings is 1. The lowest BCUT2D eigenvalue weighted by atomic mass is 10.2.